The molecule has 1 rings (SSSR count). The van der Waals surface area contributed by atoms with Crippen LogP contribution in [0.15, 0.2) is 23.9 Å². The molecule has 0 amide bonds. The standard InChI is InChI=1S/C10H8Cl2F3N3/c11-5-2-1-4(3-6(5)12)7(9(17)18)8(16)10(13,14)15/h1-3H,16H2,(H3,17,18). The van der Waals surface area contributed by atoms with E-state index < -0.39 is 23.3 Å². The van der Waals surface area contributed by atoms with Crippen LogP contribution in [0.4, 0.5) is 13.2 Å². The zero-order chi connectivity index (χ0) is 14.1. The van der Waals surface area contributed by atoms with Crippen LogP contribution in [0.25, 0.3) is 5.57 Å². The molecule has 0 atom stereocenters. The number of hydrogen-bond acceptors (Lipinski definition) is 2. The molecule has 0 aliphatic carbocycles. The van der Waals surface area contributed by atoms with Gasteiger partial charge in [0, 0.05) is 0 Å². The molecule has 0 aliphatic rings. The molecule has 0 saturated carbocycles. The number of halogens is 5. The molecule has 0 aliphatic heterocycles. The van der Waals surface area contributed by atoms with E-state index in [0.29, 0.717) is 0 Å². The largest absolute Gasteiger partial charge is 0.431 e. The summed E-state index contributed by atoms with van der Waals surface area (Å²) in [4.78, 5) is 0. The molecule has 0 bridgehead atoms. The Morgan fingerprint density at radius 1 is 1.11 bits per heavy atom. The Bertz CT molecular complexity index is 524. The van der Waals surface area contributed by atoms with Crippen molar-refractivity contribution < 1.29 is 13.2 Å². The molecule has 0 spiro atoms. The van der Waals surface area contributed by atoms with Crippen LogP contribution in [0.1, 0.15) is 5.56 Å². The van der Waals surface area contributed by atoms with Gasteiger partial charge in [-0.3, -0.25) is 5.41 Å². The van der Waals surface area contributed by atoms with Gasteiger partial charge in [-0.1, -0.05) is 29.3 Å². The fraction of sp³-hybridized carbons (Fsp3) is 0.100. The fourth-order valence-corrected chi connectivity index (χ4v) is 1.55. The van der Waals surface area contributed by atoms with Gasteiger partial charge < -0.3 is 11.5 Å². The van der Waals surface area contributed by atoms with Crippen LogP contribution in [-0.4, -0.2) is 12.0 Å². The van der Waals surface area contributed by atoms with Crippen molar-refractivity contribution in [1.29, 1.82) is 5.41 Å². The third-order valence-corrected chi connectivity index (χ3v) is 2.79. The van der Waals surface area contributed by atoms with Gasteiger partial charge in [-0.15, -0.1) is 0 Å². The number of allylic oxidation sites excluding steroid dienone is 1. The maximum Gasteiger partial charge on any atom is 0.431 e. The lowest BCUT2D eigenvalue weighted by Gasteiger charge is -2.14. The summed E-state index contributed by atoms with van der Waals surface area (Å²) in [6, 6.07) is 3.72. The Kier molecular flexibility index (Phi) is 4.13. The summed E-state index contributed by atoms with van der Waals surface area (Å²) in [6.45, 7) is 0. The van der Waals surface area contributed by atoms with Crippen LogP contribution in [-0.2, 0) is 0 Å². The number of hydrogen-bond donors (Lipinski definition) is 3. The summed E-state index contributed by atoms with van der Waals surface area (Å²) in [5, 5.41) is 7.41. The van der Waals surface area contributed by atoms with Crippen LogP contribution in [0, 0.1) is 5.41 Å². The highest BCUT2D eigenvalue weighted by molar-refractivity contribution is 6.42. The van der Waals surface area contributed by atoms with Crippen LogP contribution < -0.4 is 11.5 Å². The maximum absolute atomic E-state index is 12.5. The molecule has 1 aromatic carbocycles. The smallest absolute Gasteiger partial charge is 0.394 e. The van der Waals surface area contributed by atoms with Crippen molar-refractivity contribution in [2.75, 3.05) is 0 Å². The number of rotatable bonds is 2. The van der Waals surface area contributed by atoms with Crippen LogP contribution in [0.5, 0.6) is 0 Å². The average molecular weight is 298 g/mol. The number of benzene rings is 1. The van der Waals surface area contributed by atoms with E-state index in [-0.39, 0.29) is 15.6 Å². The summed E-state index contributed by atoms with van der Waals surface area (Å²) < 4.78 is 37.6. The fourth-order valence-electron chi connectivity index (χ4n) is 1.25. The van der Waals surface area contributed by atoms with Gasteiger partial charge in [-0.05, 0) is 17.7 Å². The zero-order valence-corrected chi connectivity index (χ0v) is 10.3. The van der Waals surface area contributed by atoms with E-state index in [9.17, 15) is 13.2 Å². The molecule has 5 N–H and O–H groups in total. The van der Waals surface area contributed by atoms with E-state index in [1.165, 1.54) is 18.2 Å². The van der Waals surface area contributed by atoms with Crippen molar-refractivity contribution in [1.82, 2.24) is 0 Å². The normalized spacial score (nSPS) is 13.2. The Morgan fingerprint density at radius 2 is 1.67 bits per heavy atom. The van der Waals surface area contributed by atoms with Gasteiger partial charge in [0.2, 0.25) is 0 Å². The first kappa shape index (κ1) is 14.7. The Hall–Kier alpha value is -1.40. The average Bonchev–Trinajstić information content (AvgIpc) is 2.21. The van der Waals surface area contributed by atoms with Crippen molar-refractivity contribution in [2.45, 2.75) is 6.18 Å². The molecular weight excluding hydrogens is 290 g/mol. The molecule has 0 unspecified atom stereocenters. The van der Waals surface area contributed by atoms with Crippen LogP contribution >= 0.6 is 23.2 Å². The maximum atomic E-state index is 12.5. The molecule has 0 aromatic heterocycles. The predicted molar refractivity (Wildman–Crippen MR) is 65.5 cm³/mol. The van der Waals surface area contributed by atoms with E-state index in [1.807, 2.05) is 0 Å². The zero-order valence-electron chi connectivity index (χ0n) is 8.78. The van der Waals surface area contributed by atoms with E-state index in [0.717, 1.165) is 0 Å². The third kappa shape index (κ3) is 3.08. The van der Waals surface area contributed by atoms with Crippen molar-refractivity contribution in [3.63, 3.8) is 0 Å². The van der Waals surface area contributed by atoms with Gasteiger partial charge in [-0.2, -0.15) is 13.2 Å². The van der Waals surface area contributed by atoms with Crippen molar-refractivity contribution >= 4 is 34.6 Å². The van der Waals surface area contributed by atoms with Gasteiger partial charge in [-0.25, -0.2) is 0 Å². The Labute approximate surface area is 111 Å². The molecule has 0 heterocycles. The molecule has 3 nitrogen and oxygen atoms in total. The summed E-state index contributed by atoms with van der Waals surface area (Å²) >= 11 is 11.3. The van der Waals surface area contributed by atoms with E-state index in [1.54, 1.807) is 0 Å². The second-order valence-corrected chi connectivity index (χ2v) is 4.14. The summed E-state index contributed by atoms with van der Waals surface area (Å²) in [7, 11) is 0. The minimum atomic E-state index is -4.78. The van der Waals surface area contributed by atoms with Gasteiger partial charge in [0.25, 0.3) is 0 Å². The SMILES string of the molecule is N=C(N)C(=C(N)C(F)(F)F)c1ccc(Cl)c(Cl)c1. The number of alkyl halides is 3. The molecule has 0 saturated heterocycles. The van der Waals surface area contributed by atoms with E-state index in [2.05, 4.69) is 0 Å². The van der Waals surface area contributed by atoms with Crippen LogP contribution in [0.2, 0.25) is 10.0 Å². The van der Waals surface area contributed by atoms with Gasteiger partial charge >= 0.3 is 6.18 Å². The molecular formula is C10H8Cl2F3N3. The quantitative estimate of drug-likeness (QED) is 0.579. The second kappa shape index (κ2) is 5.07. The predicted octanol–water partition coefficient (Wildman–Crippen LogP) is 3.16. The van der Waals surface area contributed by atoms with Crippen molar-refractivity contribution in [2.24, 2.45) is 11.5 Å². The highest BCUT2D eigenvalue weighted by atomic mass is 35.5. The number of amidine groups is 1. The highest BCUT2D eigenvalue weighted by Gasteiger charge is 2.35. The third-order valence-electron chi connectivity index (χ3n) is 2.05. The van der Waals surface area contributed by atoms with Crippen molar-refractivity contribution in [3.8, 4) is 0 Å². The lowest BCUT2D eigenvalue weighted by molar-refractivity contribution is -0.0919. The summed E-state index contributed by atoms with van der Waals surface area (Å²) in [5.41, 5.74) is 8.00. The molecule has 1 aromatic rings. The molecule has 98 valence electrons. The van der Waals surface area contributed by atoms with Gasteiger partial charge in [0.15, 0.2) is 0 Å². The Morgan fingerprint density at radius 3 is 2.06 bits per heavy atom. The monoisotopic (exact) mass is 297 g/mol. The highest BCUT2D eigenvalue weighted by Crippen LogP contribution is 2.31. The van der Waals surface area contributed by atoms with Crippen LogP contribution in [0.3, 0.4) is 0 Å². The molecule has 0 radical (unpaired) electrons. The first-order valence-electron chi connectivity index (χ1n) is 4.51. The topological polar surface area (TPSA) is 75.9 Å². The van der Waals surface area contributed by atoms with Crippen molar-refractivity contribution in [3.05, 3.63) is 39.5 Å². The van der Waals surface area contributed by atoms with Gasteiger partial charge in [0.05, 0.1) is 15.6 Å². The minimum absolute atomic E-state index is 0.0216. The number of nitrogens with two attached hydrogens (primary N) is 2. The lowest BCUT2D eigenvalue weighted by atomic mass is 10.0. The number of nitrogens with one attached hydrogen (secondary N) is 1. The first-order chi connectivity index (χ1) is 8.14. The molecule has 0 fully saturated rings. The Balaban J connectivity index is 3.48. The van der Waals surface area contributed by atoms with Gasteiger partial charge in [0.1, 0.15) is 11.5 Å². The first-order valence-corrected chi connectivity index (χ1v) is 5.27. The van der Waals surface area contributed by atoms with E-state index >= 15 is 0 Å². The summed E-state index contributed by atoms with van der Waals surface area (Å²) in [5.74, 6) is -0.803. The second-order valence-electron chi connectivity index (χ2n) is 3.33. The summed E-state index contributed by atoms with van der Waals surface area (Å²) in [6.07, 6.45) is -4.78. The molecule has 18 heavy (non-hydrogen) atoms. The molecule has 8 heteroatoms. The minimum Gasteiger partial charge on any atom is -0.394 e. The lowest BCUT2D eigenvalue weighted by Crippen LogP contribution is -2.26. The van der Waals surface area contributed by atoms with E-state index in [4.69, 9.17) is 40.1 Å².